The Balaban J connectivity index is 1.15. The van der Waals surface area contributed by atoms with Gasteiger partial charge in [0.15, 0.2) is 6.23 Å². The largest absolute Gasteiger partial charge is 0.494 e. The highest BCUT2D eigenvalue weighted by atomic mass is 16.6. The summed E-state index contributed by atoms with van der Waals surface area (Å²) in [6, 6.07) is 63.4. The molecule has 0 bridgehead atoms. The molecule has 0 unspecified atom stereocenters. The Bertz CT molecular complexity index is 3000. The fourth-order valence-electron chi connectivity index (χ4n) is 8.89. The van der Waals surface area contributed by atoms with Gasteiger partial charge in [0, 0.05) is 10.6 Å². The van der Waals surface area contributed by atoms with Crippen LogP contribution >= 0.6 is 0 Å². The fourth-order valence-corrected chi connectivity index (χ4v) is 8.89. The molecule has 0 radical (unpaired) electrons. The molecule has 1 aromatic heterocycles. The number of carbonyl (C=O) groups is 1. The molecule has 2 aliphatic rings. The third kappa shape index (κ3) is 9.06. The highest BCUT2D eigenvalue weighted by Crippen LogP contribution is 2.45. The highest BCUT2D eigenvalue weighted by Gasteiger charge is 2.50. The molecule has 1 amide bonds. The Morgan fingerprint density at radius 3 is 1.65 bits per heavy atom. The predicted octanol–water partition coefficient (Wildman–Crippen LogP) is 9.24. The van der Waals surface area contributed by atoms with Gasteiger partial charge in [0.25, 0.3) is 5.91 Å². The van der Waals surface area contributed by atoms with Crippen molar-refractivity contribution in [1.82, 2.24) is 4.57 Å². The van der Waals surface area contributed by atoms with Gasteiger partial charge in [0.05, 0.1) is 55.0 Å². The van der Waals surface area contributed by atoms with E-state index < -0.39 is 36.6 Å². The number of hydrogen-bond acceptors (Lipinski definition) is 7. The molecule has 1 fully saturated rings. The zero-order valence-electron chi connectivity index (χ0n) is 35.7. The summed E-state index contributed by atoms with van der Waals surface area (Å²) in [6.45, 7) is 1.21. The van der Waals surface area contributed by atoms with E-state index in [9.17, 15) is 9.90 Å². The lowest BCUT2D eigenvalue weighted by molar-refractivity contribution is -0.290. The van der Waals surface area contributed by atoms with Crippen molar-refractivity contribution in [3.8, 4) is 17.0 Å². The highest BCUT2D eigenvalue weighted by molar-refractivity contribution is 6.25. The van der Waals surface area contributed by atoms with E-state index in [4.69, 9.17) is 23.7 Å². The first-order valence-corrected chi connectivity index (χ1v) is 22.0. The van der Waals surface area contributed by atoms with E-state index in [0.29, 0.717) is 39.2 Å². The summed E-state index contributed by atoms with van der Waals surface area (Å²) in [5.74, 6) is -0.592. The first-order chi connectivity index (χ1) is 32.1. The lowest BCUT2D eigenvalue weighted by Crippen LogP contribution is -2.59. The third-order valence-corrected chi connectivity index (χ3v) is 12.1. The van der Waals surface area contributed by atoms with Crippen LogP contribution in [-0.4, -0.2) is 46.6 Å². The molecule has 0 saturated carbocycles. The molecule has 65 heavy (non-hydrogen) atoms. The molecular formula is C56H48N2O7. The Kier molecular flexibility index (Phi) is 12.5. The standard InChI is InChI=1S/C56H48N2O7/c59-54-49(44-28-16-17-29-46(44)57-54)50-45-32-43(42-26-14-5-15-27-42)30-31-47(45)58(55(50)60)56-53(64-36-41-24-12-4-13-25-41)52(63-35-40-22-10-3-11-23-40)51(62-34-39-20-8-2-9-21-39)48(65-56)37-61-33-38-18-6-1-7-19-38/h1-32,48,51-53,56,60H,33-37H2/t48-,51-,52+,53-,56-/m1/s1. The third-order valence-electron chi connectivity index (χ3n) is 12.1. The Hall–Kier alpha value is -6.98. The first kappa shape index (κ1) is 42.0. The van der Waals surface area contributed by atoms with Crippen molar-refractivity contribution in [3.63, 3.8) is 0 Å². The van der Waals surface area contributed by atoms with Crippen LogP contribution in [0.5, 0.6) is 5.88 Å². The lowest BCUT2D eigenvalue weighted by Gasteiger charge is -2.46. The quantitative estimate of drug-likeness (QED) is 0.103. The average molecular weight is 861 g/mol. The van der Waals surface area contributed by atoms with E-state index in [-0.39, 0.29) is 32.3 Å². The molecule has 8 aromatic rings. The summed E-state index contributed by atoms with van der Waals surface area (Å²) in [5.41, 5.74) is 7.13. The summed E-state index contributed by atoms with van der Waals surface area (Å²) in [7, 11) is 0. The zero-order valence-corrected chi connectivity index (χ0v) is 35.7. The molecule has 10 rings (SSSR count). The normalized spacial score (nSPS) is 19.3. The zero-order chi connectivity index (χ0) is 44.0. The monoisotopic (exact) mass is 860 g/mol. The van der Waals surface area contributed by atoms with Crippen molar-refractivity contribution >= 4 is 22.4 Å². The molecule has 7 aromatic carbocycles. The number of benzene rings is 7. The Labute approximate surface area is 377 Å². The van der Waals surface area contributed by atoms with Crippen molar-refractivity contribution < 1.29 is 33.6 Å². The summed E-state index contributed by atoms with van der Waals surface area (Å²) in [6.07, 6.45) is -4.05. The second-order valence-electron chi connectivity index (χ2n) is 16.3. The summed E-state index contributed by atoms with van der Waals surface area (Å²) in [4.78, 5) is 18.5. The van der Waals surface area contributed by atoms with Crippen LogP contribution in [0.4, 0.5) is 0 Å². The summed E-state index contributed by atoms with van der Waals surface area (Å²) >= 11 is 0. The molecule has 9 nitrogen and oxygen atoms in total. The number of fused-ring (bicyclic) bond motifs is 2. The second kappa shape index (κ2) is 19.4. The van der Waals surface area contributed by atoms with Crippen molar-refractivity contribution in [2.45, 2.75) is 57.1 Å². The van der Waals surface area contributed by atoms with Gasteiger partial charge >= 0.3 is 0 Å². The molecule has 3 heterocycles. The van der Waals surface area contributed by atoms with Crippen LogP contribution in [0, 0.1) is 0 Å². The number of carbonyl (C=O) groups excluding carboxylic acids is 1. The summed E-state index contributed by atoms with van der Waals surface area (Å²) < 4.78 is 36.6. The van der Waals surface area contributed by atoms with Crippen LogP contribution in [0.3, 0.4) is 0 Å². The fraction of sp³-hybridized carbons (Fsp3) is 0.179. The van der Waals surface area contributed by atoms with Crippen molar-refractivity contribution in [1.29, 1.82) is 0 Å². The molecule has 2 aliphatic heterocycles. The van der Waals surface area contributed by atoms with Crippen molar-refractivity contribution in [3.05, 3.63) is 233 Å². The average Bonchev–Trinajstić information content (AvgIpc) is 3.84. The van der Waals surface area contributed by atoms with E-state index in [1.165, 1.54) is 0 Å². The number of hydrogen-bond donors (Lipinski definition) is 1. The maximum absolute atomic E-state index is 14.0. The number of aromatic nitrogens is 1. The second-order valence-corrected chi connectivity index (χ2v) is 16.3. The molecule has 0 spiro atoms. The van der Waals surface area contributed by atoms with Crippen LogP contribution in [-0.2, 0) is 54.9 Å². The van der Waals surface area contributed by atoms with E-state index in [1.807, 2.05) is 194 Å². The maximum atomic E-state index is 14.0. The lowest BCUT2D eigenvalue weighted by atomic mass is 9.96. The van der Waals surface area contributed by atoms with Crippen LogP contribution in [0.2, 0.25) is 0 Å². The number of nitrogens with zero attached hydrogens (tertiary/aromatic N) is 2. The Morgan fingerprint density at radius 1 is 0.538 bits per heavy atom. The minimum atomic E-state index is -1.01. The van der Waals surface area contributed by atoms with E-state index in [1.54, 1.807) is 4.57 Å². The van der Waals surface area contributed by atoms with Crippen LogP contribution < -0.4 is 10.6 Å². The predicted molar refractivity (Wildman–Crippen MR) is 249 cm³/mol. The van der Waals surface area contributed by atoms with Gasteiger partial charge in [0.1, 0.15) is 24.4 Å². The number of amides is 1. The van der Waals surface area contributed by atoms with E-state index >= 15 is 0 Å². The number of rotatable bonds is 16. The number of para-hydroxylation sites is 1. The molecule has 324 valence electrons. The van der Waals surface area contributed by atoms with Gasteiger partial charge in [-0.25, -0.2) is 4.99 Å². The van der Waals surface area contributed by atoms with E-state index in [0.717, 1.165) is 33.4 Å². The smallest absolute Gasteiger partial charge is 0.279 e. The van der Waals surface area contributed by atoms with E-state index in [2.05, 4.69) is 4.99 Å². The topological polar surface area (TPSA) is 101 Å². The number of ether oxygens (including phenoxy) is 5. The molecule has 1 saturated heterocycles. The van der Waals surface area contributed by atoms with Gasteiger partial charge in [-0.1, -0.05) is 176 Å². The first-order valence-electron chi connectivity index (χ1n) is 22.0. The van der Waals surface area contributed by atoms with Crippen molar-refractivity contribution in [2.75, 3.05) is 6.61 Å². The van der Waals surface area contributed by atoms with Gasteiger partial charge in [0.2, 0.25) is 5.88 Å². The van der Waals surface area contributed by atoms with Gasteiger partial charge in [-0.2, -0.15) is 0 Å². The van der Waals surface area contributed by atoms with Crippen molar-refractivity contribution in [2.24, 2.45) is 4.99 Å². The maximum Gasteiger partial charge on any atom is 0.279 e. The minimum Gasteiger partial charge on any atom is -0.494 e. The van der Waals surface area contributed by atoms with Gasteiger partial charge < -0.3 is 28.8 Å². The van der Waals surface area contributed by atoms with Gasteiger partial charge in [-0.05, 0) is 51.6 Å². The summed E-state index contributed by atoms with van der Waals surface area (Å²) in [5, 5.41) is 14.8. The number of aromatic hydroxyl groups is 1. The molecular weight excluding hydrogens is 813 g/mol. The van der Waals surface area contributed by atoms with Crippen LogP contribution in [0.25, 0.3) is 27.6 Å². The Morgan fingerprint density at radius 2 is 1.05 bits per heavy atom. The molecule has 9 heteroatoms. The molecule has 0 aliphatic carbocycles. The molecule has 5 atom stereocenters. The van der Waals surface area contributed by atoms with Gasteiger partial charge in [-0.15, -0.1) is 0 Å². The minimum absolute atomic E-state index is 0.133. The van der Waals surface area contributed by atoms with Crippen LogP contribution in [0.15, 0.2) is 199 Å². The van der Waals surface area contributed by atoms with Gasteiger partial charge in [-0.3, -0.25) is 9.36 Å². The SMILES string of the molecule is O=C1N=c2ccccc2=C1c1c(O)n([C@@H]2O[C@H](COCc3ccccc3)[C@@H](OCc3ccccc3)[C@H](OCc3ccccc3)[C@H]2OCc2ccccc2)c2ccc(-c3ccccc3)cc12. The molecule has 1 N–H and O–H groups in total. The van der Waals surface area contributed by atoms with Crippen LogP contribution in [0.1, 0.15) is 34.0 Å².